The monoisotopic (exact) mass is 318 g/mol. The summed E-state index contributed by atoms with van der Waals surface area (Å²) in [7, 11) is 1.32. The summed E-state index contributed by atoms with van der Waals surface area (Å²) in [5, 5.41) is 18.6. The maximum Gasteiger partial charge on any atom is 0.304 e. The maximum absolute atomic E-state index is 13.4. The van der Waals surface area contributed by atoms with E-state index in [-0.39, 0.29) is 12.2 Å². The Balaban J connectivity index is 2.57. The van der Waals surface area contributed by atoms with Gasteiger partial charge in [-0.2, -0.15) is 0 Å². The van der Waals surface area contributed by atoms with Crippen LogP contribution in [-0.4, -0.2) is 23.3 Å². The van der Waals surface area contributed by atoms with Crippen LogP contribution in [0.1, 0.15) is 24.8 Å². The van der Waals surface area contributed by atoms with Crippen molar-refractivity contribution in [2.75, 3.05) is 7.11 Å². The van der Waals surface area contributed by atoms with Crippen molar-refractivity contribution in [3.63, 3.8) is 0 Å². The second kappa shape index (κ2) is 4.42. The Hall–Kier alpha value is -1.30. The van der Waals surface area contributed by atoms with Crippen LogP contribution in [0.15, 0.2) is 10.5 Å². The summed E-state index contributed by atoms with van der Waals surface area (Å²) < 4.78 is 18.9. The molecule has 1 aromatic rings. The molecule has 1 saturated carbocycles. The number of rotatable bonds is 4. The molecule has 0 heterocycles. The lowest BCUT2D eigenvalue weighted by molar-refractivity contribution is -0.137. The molecule has 0 radical (unpaired) electrons. The fourth-order valence-electron chi connectivity index (χ4n) is 2.24. The van der Waals surface area contributed by atoms with Crippen LogP contribution in [0.5, 0.6) is 11.5 Å². The number of carboxylic acid groups (broad SMARTS) is 1. The summed E-state index contributed by atoms with van der Waals surface area (Å²) >= 11 is 3.21. The van der Waals surface area contributed by atoms with Crippen LogP contribution in [0.4, 0.5) is 4.39 Å². The minimum absolute atomic E-state index is 0.0145. The molecule has 1 aliphatic carbocycles. The molecule has 0 bridgehead atoms. The third-order valence-corrected chi connectivity index (χ3v) is 3.86. The Kier molecular flexibility index (Phi) is 3.23. The standard InChI is InChI=1S/C12H12BrFO4/c1-18-11-9(6(13)4-7(14)10(11)17)12(2-3-12)5-8(15)16/h4,17H,2-3,5H2,1H3,(H,15,16). The number of hydrogen-bond acceptors (Lipinski definition) is 3. The van der Waals surface area contributed by atoms with E-state index >= 15 is 0 Å². The number of carboxylic acids is 1. The third-order valence-electron chi connectivity index (χ3n) is 3.24. The number of aromatic hydroxyl groups is 1. The van der Waals surface area contributed by atoms with Crippen LogP contribution in [-0.2, 0) is 10.2 Å². The minimum Gasteiger partial charge on any atom is -0.502 e. The van der Waals surface area contributed by atoms with Crippen LogP contribution in [0.25, 0.3) is 0 Å². The van der Waals surface area contributed by atoms with E-state index in [4.69, 9.17) is 9.84 Å². The molecule has 0 atom stereocenters. The minimum atomic E-state index is -0.926. The van der Waals surface area contributed by atoms with Crippen molar-refractivity contribution in [1.82, 2.24) is 0 Å². The molecule has 0 unspecified atom stereocenters. The lowest BCUT2D eigenvalue weighted by Gasteiger charge is -2.20. The van der Waals surface area contributed by atoms with Gasteiger partial charge in [0.15, 0.2) is 17.3 Å². The molecule has 18 heavy (non-hydrogen) atoms. The number of aliphatic carboxylic acids is 1. The Morgan fingerprint density at radius 1 is 1.61 bits per heavy atom. The highest BCUT2D eigenvalue weighted by Crippen LogP contribution is 2.58. The van der Waals surface area contributed by atoms with E-state index in [1.807, 2.05) is 0 Å². The number of phenolic OH excluding ortho intramolecular Hbond substituents is 1. The van der Waals surface area contributed by atoms with E-state index in [0.29, 0.717) is 22.9 Å². The fraction of sp³-hybridized carbons (Fsp3) is 0.417. The number of halogens is 2. The first kappa shape index (κ1) is 13.1. The predicted octanol–water partition coefficient (Wildman–Crippen LogP) is 2.81. The van der Waals surface area contributed by atoms with E-state index in [1.165, 1.54) is 7.11 Å². The summed E-state index contributed by atoms with van der Waals surface area (Å²) in [6.07, 6.45) is 1.30. The lowest BCUT2D eigenvalue weighted by atomic mass is 9.91. The average Bonchev–Trinajstić information content (AvgIpc) is 3.02. The molecule has 98 valence electrons. The van der Waals surface area contributed by atoms with Gasteiger partial charge < -0.3 is 14.9 Å². The first-order valence-corrected chi connectivity index (χ1v) is 6.18. The average molecular weight is 319 g/mol. The van der Waals surface area contributed by atoms with Gasteiger partial charge in [0, 0.05) is 15.5 Å². The van der Waals surface area contributed by atoms with Gasteiger partial charge in [-0.1, -0.05) is 15.9 Å². The van der Waals surface area contributed by atoms with Gasteiger partial charge in [0.25, 0.3) is 0 Å². The van der Waals surface area contributed by atoms with E-state index in [9.17, 15) is 14.3 Å². The van der Waals surface area contributed by atoms with Crippen molar-refractivity contribution in [1.29, 1.82) is 0 Å². The van der Waals surface area contributed by atoms with E-state index in [1.54, 1.807) is 0 Å². The molecule has 1 aliphatic rings. The number of hydrogen-bond donors (Lipinski definition) is 2. The largest absolute Gasteiger partial charge is 0.502 e. The van der Waals surface area contributed by atoms with E-state index < -0.39 is 23.0 Å². The van der Waals surface area contributed by atoms with Crippen LogP contribution >= 0.6 is 15.9 Å². The second-order valence-electron chi connectivity index (χ2n) is 4.45. The molecular formula is C12H12BrFO4. The molecule has 6 heteroatoms. The van der Waals surface area contributed by atoms with E-state index in [0.717, 1.165) is 6.07 Å². The van der Waals surface area contributed by atoms with Gasteiger partial charge in [-0.05, 0) is 18.9 Å². The van der Waals surface area contributed by atoms with Crippen molar-refractivity contribution in [2.45, 2.75) is 24.7 Å². The molecule has 0 aromatic heterocycles. The summed E-state index contributed by atoms with van der Waals surface area (Å²) in [5.74, 6) is -2.29. The quantitative estimate of drug-likeness (QED) is 0.895. The van der Waals surface area contributed by atoms with Crippen LogP contribution < -0.4 is 4.74 Å². The van der Waals surface area contributed by atoms with Crippen LogP contribution in [0, 0.1) is 5.82 Å². The van der Waals surface area contributed by atoms with Gasteiger partial charge in [-0.25, -0.2) is 4.39 Å². The van der Waals surface area contributed by atoms with Crippen molar-refractivity contribution in [3.8, 4) is 11.5 Å². The molecule has 0 aliphatic heterocycles. The van der Waals surface area contributed by atoms with Gasteiger partial charge in [0.2, 0.25) is 0 Å². The molecular weight excluding hydrogens is 307 g/mol. The van der Waals surface area contributed by atoms with Crippen molar-refractivity contribution >= 4 is 21.9 Å². The number of phenols is 1. The molecule has 2 N–H and O–H groups in total. The molecule has 0 amide bonds. The highest BCUT2D eigenvalue weighted by atomic mass is 79.9. The van der Waals surface area contributed by atoms with Gasteiger partial charge >= 0.3 is 5.97 Å². The Morgan fingerprint density at radius 3 is 2.67 bits per heavy atom. The molecule has 1 aromatic carbocycles. The SMILES string of the molecule is COc1c(O)c(F)cc(Br)c1C1(CC(=O)O)CC1. The molecule has 0 saturated heterocycles. The molecule has 4 nitrogen and oxygen atoms in total. The third kappa shape index (κ3) is 2.05. The smallest absolute Gasteiger partial charge is 0.304 e. The second-order valence-corrected chi connectivity index (χ2v) is 5.30. The Morgan fingerprint density at radius 2 is 2.22 bits per heavy atom. The number of ether oxygens (including phenoxy) is 1. The normalized spacial score (nSPS) is 16.4. The lowest BCUT2D eigenvalue weighted by Crippen LogP contribution is -2.15. The number of benzene rings is 1. The number of methoxy groups -OCH3 is 1. The van der Waals surface area contributed by atoms with Crippen molar-refractivity contribution < 1.29 is 24.1 Å². The zero-order chi connectivity index (χ0) is 13.5. The topological polar surface area (TPSA) is 66.8 Å². The van der Waals surface area contributed by atoms with Crippen LogP contribution in [0.2, 0.25) is 0 Å². The summed E-state index contributed by atoms with van der Waals surface area (Å²) in [5.41, 5.74) is -0.0347. The van der Waals surface area contributed by atoms with Gasteiger partial charge in [0.05, 0.1) is 13.5 Å². The van der Waals surface area contributed by atoms with Gasteiger partial charge in [-0.15, -0.1) is 0 Å². The van der Waals surface area contributed by atoms with Crippen molar-refractivity contribution in [2.24, 2.45) is 0 Å². The zero-order valence-electron chi connectivity index (χ0n) is 9.67. The highest BCUT2D eigenvalue weighted by molar-refractivity contribution is 9.10. The zero-order valence-corrected chi connectivity index (χ0v) is 11.3. The Bertz CT molecular complexity index is 511. The molecule has 1 fully saturated rings. The maximum atomic E-state index is 13.4. The summed E-state index contributed by atoms with van der Waals surface area (Å²) in [6.45, 7) is 0. The van der Waals surface area contributed by atoms with Crippen LogP contribution in [0.3, 0.4) is 0 Å². The van der Waals surface area contributed by atoms with E-state index in [2.05, 4.69) is 15.9 Å². The highest BCUT2D eigenvalue weighted by Gasteiger charge is 2.49. The molecule has 0 spiro atoms. The summed E-state index contributed by atoms with van der Waals surface area (Å²) in [6, 6.07) is 1.13. The first-order valence-electron chi connectivity index (χ1n) is 5.38. The molecule has 2 rings (SSSR count). The fourth-order valence-corrected chi connectivity index (χ4v) is 3.04. The summed E-state index contributed by atoms with van der Waals surface area (Å²) in [4.78, 5) is 10.9. The van der Waals surface area contributed by atoms with Gasteiger partial charge in [0.1, 0.15) is 0 Å². The van der Waals surface area contributed by atoms with Gasteiger partial charge in [-0.3, -0.25) is 4.79 Å². The Labute approximate surface area is 112 Å². The number of carbonyl (C=O) groups is 1. The van der Waals surface area contributed by atoms with Crippen molar-refractivity contribution in [3.05, 3.63) is 21.9 Å². The predicted molar refractivity (Wildman–Crippen MR) is 65.5 cm³/mol. The first-order chi connectivity index (χ1) is 8.41.